The second-order valence-corrected chi connectivity index (χ2v) is 7.51. The number of hydrogen-bond donors (Lipinski definition) is 1. The Bertz CT molecular complexity index is 1330. The summed E-state index contributed by atoms with van der Waals surface area (Å²) < 4.78 is 35.0. The summed E-state index contributed by atoms with van der Waals surface area (Å²) in [7, 11) is 0. The first-order chi connectivity index (χ1) is 17.0. The van der Waals surface area contributed by atoms with E-state index < -0.39 is 17.7 Å². The molecule has 3 aromatic rings. The minimum atomic E-state index is -0.657. The van der Waals surface area contributed by atoms with Crippen molar-refractivity contribution in [2.45, 2.75) is 5.92 Å². The van der Waals surface area contributed by atoms with Crippen LogP contribution < -0.4 is 24.7 Å². The number of ether oxygens (including phenoxy) is 4. The lowest BCUT2D eigenvalue weighted by atomic mass is 9.83. The molecule has 0 aromatic heterocycles. The van der Waals surface area contributed by atoms with Gasteiger partial charge in [-0.3, -0.25) is 0 Å². The van der Waals surface area contributed by atoms with Crippen molar-refractivity contribution in [2.75, 3.05) is 13.2 Å². The maximum absolute atomic E-state index is 13.0. The van der Waals surface area contributed by atoms with Crippen LogP contribution in [0.2, 0.25) is 0 Å². The van der Waals surface area contributed by atoms with E-state index in [2.05, 4.69) is 12.6 Å². The van der Waals surface area contributed by atoms with Crippen LogP contribution in [0.1, 0.15) is 17.0 Å². The van der Waals surface area contributed by atoms with Gasteiger partial charge in [-0.1, -0.05) is 30.9 Å². The van der Waals surface area contributed by atoms with Crippen LogP contribution in [0.15, 0.2) is 90.8 Å². The van der Waals surface area contributed by atoms with Crippen LogP contribution in [-0.2, 0) is 4.79 Å². The van der Waals surface area contributed by atoms with Crippen molar-refractivity contribution < 1.29 is 28.1 Å². The second kappa shape index (κ2) is 10.4. The number of nitrogens with two attached hydrogens (primary N) is 1. The van der Waals surface area contributed by atoms with Gasteiger partial charge in [0.15, 0.2) is 6.61 Å². The number of hydrogen-bond acceptors (Lipinski definition) is 7. The number of benzene rings is 3. The number of nitrogens with zero attached hydrogens (tertiary/aromatic N) is 1. The lowest BCUT2D eigenvalue weighted by Crippen LogP contribution is -2.21. The van der Waals surface area contributed by atoms with E-state index in [0.717, 1.165) is 5.56 Å². The smallest absolute Gasteiger partial charge is 0.349 e. The third-order valence-corrected chi connectivity index (χ3v) is 5.15. The van der Waals surface area contributed by atoms with E-state index in [1.165, 1.54) is 30.3 Å². The molecule has 0 saturated heterocycles. The fraction of sp³-hybridized carbons (Fsp3) is 0.111. The Morgan fingerprint density at radius 3 is 2.60 bits per heavy atom. The molecule has 1 atom stereocenters. The quantitative estimate of drug-likeness (QED) is 0.290. The maximum Gasteiger partial charge on any atom is 0.349 e. The average Bonchev–Trinajstić information content (AvgIpc) is 2.86. The highest BCUT2D eigenvalue weighted by atomic mass is 19.1. The van der Waals surface area contributed by atoms with Crippen LogP contribution in [0.4, 0.5) is 4.39 Å². The van der Waals surface area contributed by atoms with Gasteiger partial charge in [0.25, 0.3) is 0 Å². The number of carbonyl (C=O) groups excluding carboxylic acids is 1. The highest BCUT2D eigenvalue weighted by molar-refractivity contribution is 5.74. The van der Waals surface area contributed by atoms with E-state index in [9.17, 15) is 14.4 Å². The number of rotatable bonds is 8. The van der Waals surface area contributed by atoms with Crippen molar-refractivity contribution in [3.8, 4) is 29.1 Å². The van der Waals surface area contributed by atoms with E-state index in [0.29, 0.717) is 29.4 Å². The third kappa shape index (κ3) is 5.42. The molecule has 176 valence electrons. The van der Waals surface area contributed by atoms with E-state index in [1.54, 1.807) is 18.2 Å². The predicted molar refractivity (Wildman–Crippen MR) is 125 cm³/mol. The molecular formula is C27H21FN2O5. The summed E-state index contributed by atoms with van der Waals surface area (Å²) >= 11 is 0. The summed E-state index contributed by atoms with van der Waals surface area (Å²) in [5.74, 6) is -0.0707. The highest BCUT2D eigenvalue weighted by Crippen LogP contribution is 2.44. The molecule has 7 nitrogen and oxygen atoms in total. The van der Waals surface area contributed by atoms with Crippen LogP contribution in [0, 0.1) is 17.1 Å². The van der Waals surface area contributed by atoms with Crippen molar-refractivity contribution in [1.82, 2.24) is 0 Å². The lowest BCUT2D eigenvalue weighted by molar-refractivity contribution is -0.136. The van der Waals surface area contributed by atoms with Gasteiger partial charge in [-0.05, 0) is 48.0 Å². The molecule has 0 spiro atoms. The van der Waals surface area contributed by atoms with Gasteiger partial charge < -0.3 is 24.7 Å². The lowest BCUT2D eigenvalue weighted by Gasteiger charge is -2.27. The summed E-state index contributed by atoms with van der Waals surface area (Å²) in [6, 6.07) is 19.6. The first-order valence-corrected chi connectivity index (χ1v) is 10.6. The summed E-state index contributed by atoms with van der Waals surface area (Å²) in [4.78, 5) is 12.2. The van der Waals surface area contributed by atoms with Crippen molar-refractivity contribution >= 4 is 5.97 Å². The fourth-order valence-corrected chi connectivity index (χ4v) is 3.62. The number of esters is 1. The molecule has 2 N–H and O–H groups in total. The number of carbonyl (C=O) groups is 1. The summed E-state index contributed by atoms with van der Waals surface area (Å²) in [5.41, 5.74) is 7.79. The van der Waals surface area contributed by atoms with Gasteiger partial charge in [0.1, 0.15) is 47.1 Å². The van der Waals surface area contributed by atoms with Crippen LogP contribution >= 0.6 is 0 Å². The van der Waals surface area contributed by atoms with Gasteiger partial charge in [-0.2, -0.15) is 5.26 Å². The monoisotopic (exact) mass is 472 g/mol. The van der Waals surface area contributed by atoms with Crippen molar-refractivity contribution in [3.63, 3.8) is 0 Å². The molecule has 1 aliphatic rings. The molecule has 0 bridgehead atoms. The Morgan fingerprint density at radius 2 is 1.86 bits per heavy atom. The number of allylic oxidation sites excluding steroid dienone is 1. The molecule has 35 heavy (non-hydrogen) atoms. The minimum absolute atomic E-state index is 0.0365. The molecule has 0 fully saturated rings. The molecular weight excluding hydrogens is 451 g/mol. The van der Waals surface area contributed by atoms with Gasteiger partial charge in [0.2, 0.25) is 5.88 Å². The average molecular weight is 472 g/mol. The first kappa shape index (κ1) is 23.4. The van der Waals surface area contributed by atoms with Gasteiger partial charge >= 0.3 is 5.97 Å². The Hall–Kier alpha value is -4.77. The Kier molecular flexibility index (Phi) is 6.98. The fourth-order valence-electron chi connectivity index (χ4n) is 3.62. The zero-order valence-electron chi connectivity index (χ0n) is 18.6. The van der Waals surface area contributed by atoms with E-state index >= 15 is 0 Å². The zero-order valence-corrected chi connectivity index (χ0v) is 18.6. The van der Waals surface area contributed by atoms with Gasteiger partial charge in [0, 0.05) is 11.6 Å². The first-order valence-electron chi connectivity index (χ1n) is 10.6. The normalized spacial score (nSPS) is 14.2. The Labute approximate surface area is 201 Å². The molecule has 0 amide bonds. The molecule has 0 radical (unpaired) electrons. The van der Waals surface area contributed by atoms with Gasteiger partial charge in [-0.15, -0.1) is 0 Å². The summed E-state index contributed by atoms with van der Waals surface area (Å²) in [5, 5.41) is 9.75. The summed E-state index contributed by atoms with van der Waals surface area (Å²) in [6.07, 6.45) is 1.64. The van der Waals surface area contributed by atoms with Crippen LogP contribution in [0.5, 0.6) is 23.0 Å². The topological polar surface area (TPSA) is 104 Å². The zero-order chi connectivity index (χ0) is 24.8. The van der Waals surface area contributed by atoms with E-state index in [1.807, 2.05) is 24.3 Å². The maximum atomic E-state index is 13.0. The second-order valence-electron chi connectivity index (χ2n) is 7.51. The Balaban J connectivity index is 1.55. The standard InChI is InChI=1S/C27H21FN2O5/c1-2-12-32-20-5-3-4-17(13-20)26-22-11-10-21(14-24(22)35-27(30)23(26)15-29)34-25(31)16-33-19-8-6-18(28)7-9-19/h2-11,13-14,26H,1,12,16,30H2. The van der Waals surface area contributed by atoms with Crippen LogP contribution in [0.25, 0.3) is 0 Å². The van der Waals surface area contributed by atoms with Crippen molar-refractivity contribution in [3.05, 3.63) is 108 Å². The largest absolute Gasteiger partial charge is 0.490 e. The minimum Gasteiger partial charge on any atom is -0.490 e. The molecule has 8 heteroatoms. The molecule has 0 saturated carbocycles. The van der Waals surface area contributed by atoms with Crippen molar-refractivity contribution in [2.24, 2.45) is 5.73 Å². The van der Waals surface area contributed by atoms with E-state index in [-0.39, 0.29) is 23.8 Å². The molecule has 1 unspecified atom stereocenters. The number of halogens is 1. The Morgan fingerprint density at radius 1 is 1.09 bits per heavy atom. The highest BCUT2D eigenvalue weighted by Gasteiger charge is 2.31. The van der Waals surface area contributed by atoms with Gasteiger partial charge in [0.05, 0.1) is 5.92 Å². The van der Waals surface area contributed by atoms with Crippen LogP contribution in [0.3, 0.4) is 0 Å². The summed E-state index contributed by atoms with van der Waals surface area (Å²) in [6.45, 7) is 3.62. The van der Waals surface area contributed by atoms with Crippen LogP contribution in [-0.4, -0.2) is 19.2 Å². The third-order valence-electron chi connectivity index (χ3n) is 5.15. The molecule has 4 rings (SSSR count). The van der Waals surface area contributed by atoms with Gasteiger partial charge in [-0.25, -0.2) is 9.18 Å². The molecule has 0 aliphatic carbocycles. The SMILES string of the molecule is C=CCOc1cccc(C2C(C#N)=C(N)Oc3cc(OC(=O)COc4ccc(F)cc4)ccc32)c1. The van der Waals surface area contributed by atoms with Crippen molar-refractivity contribution in [1.29, 1.82) is 5.26 Å². The molecule has 1 heterocycles. The number of nitriles is 1. The number of fused-ring (bicyclic) bond motifs is 1. The molecule has 3 aromatic carbocycles. The van der Waals surface area contributed by atoms with E-state index in [4.69, 9.17) is 24.7 Å². The molecule has 1 aliphatic heterocycles. The predicted octanol–water partition coefficient (Wildman–Crippen LogP) is 4.59.